The molecule has 0 aliphatic heterocycles. The summed E-state index contributed by atoms with van der Waals surface area (Å²) in [6.45, 7) is 20.7. The summed E-state index contributed by atoms with van der Waals surface area (Å²) >= 11 is 0. The van der Waals surface area contributed by atoms with E-state index in [1.807, 2.05) is 27.7 Å². The zero-order valence-corrected chi connectivity index (χ0v) is 21.6. The minimum absolute atomic E-state index is 0. The Balaban J connectivity index is 0.00000142. The molecular weight excluding hydrogens is 372 g/mol. The van der Waals surface area contributed by atoms with E-state index >= 15 is 0 Å². The molecule has 0 radical (unpaired) electrons. The fraction of sp³-hybridized carbons (Fsp3) is 0.935. The van der Waals surface area contributed by atoms with Gasteiger partial charge in [0.2, 0.25) is 0 Å². The van der Waals surface area contributed by atoms with Crippen LogP contribution in [-0.2, 0) is 0 Å². The molecule has 0 bridgehead atoms. The smallest absolute Gasteiger partial charge is 0.0149 e. The lowest BCUT2D eigenvalue weighted by Gasteiger charge is -2.61. The van der Waals surface area contributed by atoms with Crippen molar-refractivity contribution in [2.24, 2.45) is 46.3 Å². The fourth-order valence-electron chi connectivity index (χ4n) is 8.68. The summed E-state index contributed by atoms with van der Waals surface area (Å²) in [5.74, 6) is 6.03. The Morgan fingerprint density at radius 3 is 2.00 bits per heavy atom. The van der Waals surface area contributed by atoms with Gasteiger partial charge in [-0.1, -0.05) is 88.3 Å². The van der Waals surface area contributed by atoms with E-state index in [9.17, 15) is 0 Å². The first-order valence-corrected chi connectivity index (χ1v) is 13.6. The summed E-state index contributed by atoms with van der Waals surface area (Å²) in [6.07, 6.45) is 17.5. The van der Waals surface area contributed by atoms with Crippen LogP contribution >= 0.6 is 0 Å². The molecule has 186 valence electrons. The summed E-state index contributed by atoms with van der Waals surface area (Å²) in [6, 6.07) is 0. The SMILES string of the molecule is C.C.CC.CC.CC/C=C(\C)C1CCC2C3CCC4CC(C)CCC4(C)C3CCC12C. The molecule has 4 aliphatic carbocycles. The van der Waals surface area contributed by atoms with Crippen LogP contribution in [0.25, 0.3) is 0 Å². The monoisotopic (exact) mass is 434 g/mol. The van der Waals surface area contributed by atoms with Crippen LogP contribution in [-0.4, -0.2) is 0 Å². The second kappa shape index (κ2) is 12.8. The quantitative estimate of drug-likeness (QED) is 0.379. The lowest BCUT2D eigenvalue weighted by Crippen LogP contribution is -2.53. The van der Waals surface area contributed by atoms with Crippen molar-refractivity contribution >= 4 is 0 Å². The molecule has 8 unspecified atom stereocenters. The van der Waals surface area contributed by atoms with E-state index in [0.717, 1.165) is 35.5 Å². The summed E-state index contributed by atoms with van der Waals surface area (Å²) in [5, 5.41) is 0. The van der Waals surface area contributed by atoms with E-state index in [1.54, 1.807) is 18.4 Å². The largest absolute Gasteiger partial charge is 0.0856 e. The third-order valence-electron chi connectivity index (χ3n) is 10.0. The molecule has 0 N–H and O–H groups in total. The third kappa shape index (κ3) is 5.46. The molecule has 0 heterocycles. The number of allylic oxidation sites excluding steroid dienone is 2. The lowest BCUT2D eigenvalue weighted by atomic mass is 9.44. The molecule has 0 nitrogen and oxygen atoms in total. The average Bonchev–Trinajstić information content (AvgIpc) is 3.09. The van der Waals surface area contributed by atoms with Gasteiger partial charge in [-0.05, 0) is 111 Å². The van der Waals surface area contributed by atoms with Gasteiger partial charge in [0.15, 0.2) is 0 Å². The standard InChI is InChI=1S/C25H42.2C2H6.2CH4/c1-6-7-18(3)21-10-11-22-20-9-8-19-16-17(2)12-14-24(19,4)23(20)13-15-25(21,22)5;2*1-2;;/h7,17,19-23H,6,8-16H2,1-5H3;2*1-2H3;2*1H4/b18-7+;;;;. The summed E-state index contributed by atoms with van der Waals surface area (Å²) in [5.41, 5.74) is 3.02. The minimum atomic E-state index is 0. The van der Waals surface area contributed by atoms with Gasteiger partial charge in [-0.15, -0.1) is 0 Å². The molecule has 0 aromatic heterocycles. The topological polar surface area (TPSA) is 0 Å². The van der Waals surface area contributed by atoms with Crippen LogP contribution in [0, 0.1) is 46.3 Å². The molecule has 31 heavy (non-hydrogen) atoms. The first kappa shape index (κ1) is 30.7. The van der Waals surface area contributed by atoms with Crippen molar-refractivity contribution in [1.29, 1.82) is 0 Å². The van der Waals surface area contributed by atoms with Crippen LogP contribution in [0.5, 0.6) is 0 Å². The Bertz CT molecular complexity index is 530. The van der Waals surface area contributed by atoms with Gasteiger partial charge in [0.25, 0.3) is 0 Å². The van der Waals surface area contributed by atoms with Gasteiger partial charge < -0.3 is 0 Å². The maximum absolute atomic E-state index is 2.72. The number of hydrogen-bond donors (Lipinski definition) is 0. The van der Waals surface area contributed by atoms with E-state index in [-0.39, 0.29) is 14.9 Å². The van der Waals surface area contributed by atoms with Crippen LogP contribution < -0.4 is 0 Å². The van der Waals surface area contributed by atoms with Crippen LogP contribution in [0.15, 0.2) is 11.6 Å². The average molecular weight is 435 g/mol. The Morgan fingerprint density at radius 2 is 1.39 bits per heavy atom. The zero-order valence-electron chi connectivity index (χ0n) is 21.6. The molecule has 0 aromatic carbocycles. The molecule has 0 aromatic rings. The number of rotatable bonds is 2. The summed E-state index contributed by atoms with van der Waals surface area (Å²) < 4.78 is 0. The molecule has 4 saturated carbocycles. The molecule has 0 heteroatoms. The Labute approximate surface area is 199 Å². The fourth-order valence-corrected chi connectivity index (χ4v) is 8.68. The molecule has 0 amide bonds. The van der Waals surface area contributed by atoms with E-state index in [1.165, 1.54) is 51.4 Å². The first-order chi connectivity index (χ1) is 13.9. The normalized spacial score (nSPS) is 43.2. The molecule has 4 aliphatic rings. The van der Waals surface area contributed by atoms with Crippen molar-refractivity contribution in [3.05, 3.63) is 11.6 Å². The van der Waals surface area contributed by atoms with E-state index in [2.05, 4.69) is 40.7 Å². The van der Waals surface area contributed by atoms with Gasteiger partial charge in [-0.3, -0.25) is 0 Å². The second-order valence-corrected chi connectivity index (χ2v) is 11.1. The zero-order chi connectivity index (χ0) is 21.8. The van der Waals surface area contributed by atoms with Crippen molar-refractivity contribution in [3.8, 4) is 0 Å². The first-order valence-electron chi connectivity index (χ1n) is 13.6. The highest BCUT2D eigenvalue weighted by atomic mass is 14.6. The van der Waals surface area contributed by atoms with Crippen LogP contribution in [0.3, 0.4) is 0 Å². The van der Waals surface area contributed by atoms with Gasteiger partial charge in [0, 0.05) is 0 Å². The van der Waals surface area contributed by atoms with Crippen molar-refractivity contribution in [2.75, 3.05) is 0 Å². The predicted octanol–water partition coefficient (Wildman–Crippen LogP) is 11.0. The Kier molecular flexibility index (Phi) is 12.7. The van der Waals surface area contributed by atoms with Crippen molar-refractivity contribution in [2.45, 2.75) is 141 Å². The van der Waals surface area contributed by atoms with E-state index in [4.69, 9.17) is 0 Å². The third-order valence-corrected chi connectivity index (χ3v) is 10.0. The minimum Gasteiger partial charge on any atom is -0.0856 e. The van der Waals surface area contributed by atoms with Crippen molar-refractivity contribution < 1.29 is 0 Å². The number of fused-ring (bicyclic) bond motifs is 5. The molecule has 4 rings (SSSR count). The molecular formula is C31H62. The Morgan fingerprint density at radius 1 is 0.806 bits per heavy atom. The van der Waals surface area contributed by atoms with Crippen LogP contribution in [0.2, 0.25) is 0 Å². The maximum atomic E-state index is 2.72. The van der Waals surface area contributed by atoms with Gasteiger partial charge >= 0.3 is 0 Å². The highest BCUT2D eigenvalue weighted by Crippen LogP contribution is 2.68. The summed E-state index contributed by atoms with van der Waals surface area (Å²) in [4.78, 5) is 0. The van der Waals surface area contributed by atoms with Crippen LogP contribution in [0.4, 0.5) is 0 Å². The van der Waals surface area contributed by atoms with Gasteiger partial charge in [-0.25, -0.2) is 0 Å². The van der Waals surface area contributed by atoms with Crippen molar-refractivity contribution in [1.82, 2.24) is 0 Å². The molecule has 8 atom stereocenters. The number of hydrogen-bond acceptors (Lipinski definition) is 0. The van der Waals surface area contributed by atoms with E-state index in [0.29, 0.717) is 10.8 Å². The molecule has 0 saturated heterocycles. The highest BCUT2D eigenvalue weighted by Gasteiger charge is 2.59. The molecule has 4 fully saturated rings. The van der Waals surface area contributed by atoms with Gasteiger partial charge in [0.05, 0.1) is 0 Å². The predicted molar refractivity (Wildman–Crippen MR) is 145 cm³/mol. The van der Waals surface area contributed by atoms with Gasteiger partial charge in [0.1, 0.15) is 0 Å². The van der Waals surface area contributed by atoms with Gasteiger partial charge in [-0.2, -0.15) is 0 Å². The highest BCUT2D eigenvalue weighted by molar-refractivity contribution is 5.17. The Hall–Kier alpha value is -0.260. The maximum Gasteiger partial charge on any atom is -0.0149 e. The lowest BCUT2D eigenvalue weighted by molar-refractivity contribution is -0.114. The summed E-state index contributed by atoms with van der Waals surface area (Å²) in [7, 11) is 0. The van der Waals surface area contributed by atoms with Crippen molar-refractivity contribution in [3.63, 3.8) is 0 Å². The van der Waals surface area contributed by atoms with Crippen LogP contribution in [0.1, 0.15) is 141 Å². The van der Waals surface area contributed by atoms with E-state index < -0.39 is 0 Å². The molecule has 0 spiro atoms. The second-order valence-electron chi connectivity index (χ2n) is 11.1.